The predicted molar refractivity (Wildman–Crippen MR) is 112 cm³/mol. The zero-order chi connectivity index (χ0) is 19.2. The van der Waals surface area contributed by atoms with E-state index < -0.39 is 0 Å². The van der Waals surface area contributed by atoms with Gasteiger partial charge in [0, 0.05) is 17.8 Å². The van der Waals surface area contributed by atoms with Gasteiger partial charge in [-0.15, -0.1) is 0 Å². The van der Waals surface area contributed by atoms with E-state index in [-0.39, 0.29) is 0 Å². The summed E-state index contributed by atoms with van der Waals surface area (Å²) in [7, 11) is 1.64. The Morgan fingerprint density at radius 2 is 1.70 bits per heavy atom. The van der Waals surface area contributed by atoms with E-state index in [4.69, 9.17) is 32.7 Å². The SMILES string of the molecule is COc1cccc(CNc2ccc(C)cc2)c1OCc1ccc(Cl)c(Cl)c1. The van der Waals surface area contributed by atoms with E-state index in [1.165, 1.54) is 5.56 Å². The second kappa shape index (κ2) is 9.03. The lowest BCUT2D eigenvalue weighted by Crippen LogP contribution is -2.05. The zero-order valence-corrected chi connectivity index (χ0v) is 16.8. The van der Waals surface area contributed by atoms with Crippen molar-refractivity contribution in [3.05, 3.63) is 87.4 Å². The van der Waals surface area contributed by atoms with Crippen LogP contribution in [0.25, 0.3) is 0 Å². The molecule has 0 saturated heterocycles. The van der Waals surface area contributed by atoms with E-state index in [0.29, 0.717) is 34.7 Å². The number of para-hydroxylation sites is 1. The van der Waals surface area contributed by atoms with Crippen LogP contribution in [0.15, 0.2) is 60.7 Å². The van der Waals surface area contributed by atoms with Crippen molar-refractivity contribution < 1.29 is 9.47 Å². The van der Waals surface area contributed by atoms with Gasteiger partial charge in [-0.1, -0.05) is 59.1 Å². The fourth-order valence-corrected chi connectivity index (χ4v) is 3.00. The summed E-state index contributed by atoms with van der Waals surface area (Å²) in [6, 6.07) is 19.6. The van der Waals surface area contributed by atoms with Crippen LogP contribution in [0.4, 0.5) is 5.69 Å². The predicted octanol–water partition coefficient (Wildman–Crippen LogP) is 6.50. The summed E-state index contributed by atoms with van der Waals surface area (Å²) < 4.78 is 11.6. The van der Waals surface area contributed by atoms with Crippen LogP contribution in [0.1, 0.15) is 16.7 Å². The topological polar surface area (TPSA) is 30.5 Å². The number of rotatable bonds is 7. The molecule has 5 heteroatoms. The Balaban J connectivity index is 1.76. The second-order valence-corrected chi connectivity index (χ2v) is 7.02. The summed E-state index contributed by atoms with van der Waals surface area (Å²) in [5.74, 6) is 1.41. The molecule has 0 aliphatic heterocycles. The van der Waals surface area contributed by atoms with Crippen molar-refractivity contribution in [3.8, 4) is 11.5 Å². The molecule has 0 saturated carbocycles. The number of halogens is 2. The van der Waals surface area contributed by atoms with E-state index in [1.54, 1.807) is 13.2 Å². The van der Waals surface area contributed by atoms with Crippen LogP contribution in [0.5, 0.6) is 11.5 Å². The standard InChI is InChI=1S/C22H21Cl2NO2/c1-15-6-9-18(10-7-15)25-13-17-4-3-5-21(26-2)22(17)27-14-16-8-11-19(23)20(24)12-16/h3-12,25H,13-14H2,1-2H3. The highest BCUT2D eigenvalue weighted by atomic mass is 35.5. The molecular formula is C22H21Cl2NO2. The summed E-state index contributed by atoms with van der Waals surface area (Å²) in [4.78, 5) is 0. The maximum atomic E-state index is 6.09. The maximum Gasteiger partial charge on any atom is 0.166 e. The fourth-order valence-electron chi connectivity index (χ4n) is 2.68. The van der Waals surface area contributed by atoms with E-state index in [9.17, 15) is 0 Å². The molecule has 3 rings (SSSR count). The average Bonchev–Trinajstić information content (AvgIpc) is 2.68. The van der Waals surface area contributed by atoms with Gasteiger partial charge in [-0.3, -0.25) is 0 Å². The molecule has 0 heterocycles. The molecule has 3 nitrogen and oxygen atoms in total. The van der Waals surface area contributed by atoms with Crippen molar-refractivity contribution in [2.24, 2.45) is 0 Å². The van der Waals surface area contributed by atoms with Gasteiger partial charge in [-0.25, -0.2) is 0 Å². The van der Waals surface area contributed by atoms with Crippen LogP contribution in [0.3, 0.4) is 0 Å². The maximum absolute atomic E-state index is 6.09. The van der Waals surface area contributed by atoms with E-state index >= 15 is 0 Å². The molecule has 0 atom stereocenters. The van der Waals surface area contributed by atoms with Crippen LogP contribution in [0.2, 0.25) is 10.0 Å². The van der Waals surface area contributed by atoms with Gasteiger partial charge in [0.15, 0.2) is 11.5 Å². The molecule has 0 bridgehead atoms. The van der Waals surface area contributed by atoms with Gasteiger partial charge in [-0.2, -0.15) is 0 Å². The molecule has 1 N–H and O–H groups in total. The number of hydrogen-bond acceptors (Lipinski definition) is 3. The number of nitrogens with one attached hydrogen (secondary N) is 1. The van der Waals surface area contributed by atoms with Crippen LogP contribution >= 0.6 is 23.2 Å². The lowest BCUT2D eigenvalue weighted by Gasteiger charge is -2.16. The number of methoxy groups -OCH3 is 1. The molecule has 0 fully saturated rings. The molecule has 0 radical (unpaired) electrons. The van der Waals surface area contributed by atoms with Crippen LogP contribution in [-0.2, 0) is 13.2 Å². The molecule has 140 valence electrons. The zero-order valence-electron chi connectivity index (χ0n) is 15.3. The number of hydrogen-bond donors (Lipinski definition) is 1. The minimum Gasteiger partial charge on any atom is -0.493 e. The summed E-state index contributed by atoms with van der Waals surface area (Å²) in [6.45, 7) is 3.06. The van der Waals surface area contributed by atoms with Gasteiger partial charge in [-0.05, 0) is 42.8 Å². The molecule has 3 aromatic carbocycles. The Labute approximate surface area is 169 Å². The Morgan fingerprint density at radius 3 is 2.41 bits per heavy atom. The lowest BCUT2D eigenvalue weighted by molar-refractivity contribution is 0.281. The molecule has 27 heavy (non-hydrogen) atoms. The van der Waals surface area contributed by atoms with Gasteiger partial charge in [0.1, 0.15) is 6.61 Å². The normalized spacial score (nSPS) is 10.5. The number of benzene rings is 3. The monoisotopic (exact) mass is 401 g/mol. The van der Waals surface area contributed by atoms with Crippen molar-refractivity contribution in [1.29, 1.82) is 0 Å². The fraction of sp³-hybridized carbons (Fsp3) is 0.182. The van der Waals surface area contributed by atoms with Crippen molar-refractivity contribution >= 4 is 28.9 Å². The smallest absolute Gasteiger partial charge is 0.166 e. The largest absolute Gasteiger partial charge is 0.493 e. The molecule has 0 spiro atoms. The van der Waals surface area contributed by atoms with Gasteiger partial charge in [0.2, 0.25) is 0 Å². The van der Waals surface area contributed by atoms with E-state index in [1.807, 2.05) is 30.3 Å². The Morgan fingerprint density at radius 1 is 0.926 bits per heavy atom. The van der Waals surface area contributed by atoms with Gasteiger partial charge >= 0.3 is 0 Å². The summed E-state index contributed by atoms with van der Waals surface area (Å²) in [5, 5.41) is 4.46. The third-order valence-electron chi connectivity index (χ3n) is 4.18. The van der Waals surface area contributed by atoms with Crippen molar-refractivity contribution in [2.75, 3.05) is 12.4 Å². The quantitative estimate of drug-likeness (QED) is 0.489. The van der Waals surface area contributed by atoms with Crippen molar-refractivity contribution in [1.82, 2.24) is 0 Å². The molecule has 0 aliphatic rings. The summed E-state index contributed by atoms with van der Waals surface area (Å²) in [5.41, 5.74) is 4.23. The van der Waals surface area contributed by atoms with Gasteiger partial charge in [0.25, 0.3) is 0 Å². The van der Waals surface area contributed by atoms with E-state index in [2.05, 4.69) is 36.5 Å². The first-order valence-corrected chi connectivity index (χ1v) is 9.35. The summed E-state index contributed by atoms with van der Waals surface area (Å²) in [6.07, 6.45) is 0. The Kier molecular flexibility index (Phi) is 6.49. The third kappa shape index (κ3) is 5.09. The van der Waals surface area contributed by atoms with Crippen LogP contribution in [0, 0.1) is 6.92 Å². The lowest BCUT2D eigenvalue weighted by atomic mass is 10.1. The third-order valence-corrected chi connectivity index (χ3v) is 4.92. The summed E-state index contributed by atoms with van der Waals surface area (Å²) >= 11 is 12.1. The van der Waals surface area contributed by atoms with Gasteiger partial charge < -0.3 is 14.8 Å². The molecular weight excluding hydrogens is 381 g/mol. The Bertz CT molecular complexity index is 911. The highest BCUT2D eigenvalue weighted by molar-refractivity contribution is 6.42. The Hall–Kier alpha value is -2.36. The minimum atomic E-state index is 0.370. The van der Waals surface area contributed by atoms with Crippen molar-refractivity contribution in [3.63, 3.8) is 0 Å². The molecule has 0 unspecified atom stereocenters. The van der Waals surface area contributed by atoms with Crippen LogP contribution in [-0.4, -0.2) is 7.11 Å². The minimum absolute atomic E-state index is 0.370. The number of ether oxygens (including phenoxy) is 2. The van der Waals surface area contributed by atoms with Gasteiger partial charge in [0.05, 0.1) is 17.2 Å². The number of aryl methyl sites for hydroxylation is 1. The first-order chi connectivity index (χ1) is 13.1. The van der Waals surface area contributed by atoms with E-state index in [0.717, 1.165) is 16.8 Å². The molecule has 0 aromatic heterocycles. The molecule has 3 aromatic rings. The molecule has 0 aliphatic carbocycles. The first kappa shape index (κ1) is 19.4. The average molecular weight is 402 g/mol. The second-order valence-electron chi connectivity index (χ2n) is 6.21. The first-order valence-electron chi connectivity index (χ1n) is 8.60. The molecule has 0 amide bonds. The van der Waals surface area contributed by atoms with Crippen LogP contribution < -0.4 is 14.8 Å². The number of anilines is 1. The van der Waals surface area contributed by atoms with Crippen molar-refractivity contribution in [2.45, 2.75) is 20.1 Å². The highest BCUT2D eigenvalue weighted by Gasteiger charge is 2.11. The highest BCUT2D eigenvalue weighted by Crippen LogP contribution is 2.33.